The molecule has 0 aliphatic rings. The van der Waals surface area contributed by atoms with E-state index in [4.69, 9.17) is 15.2 Å². The molecule has 0 aliphatic carbocycles. The summed E-state index contributed by atoms with van der Waals surface area (Å²) in [5.74, 6) is 0.544. The van der Waals surface area contributed by atoms with Crippen LogP contribution in [0.5, 0.6) is 5.75 Å². The summed E-state index contributed by atoms with van der Waals surface area (Å²) < 4.78 is 23.8. The van der Waals surface area contributed by atoms with Gasteiger partial charge in [-0.2, -0.15) is 0 Å². The summed E-state index contributed by atoms with van der Waals surface area (Å²) in [6.45, 7) is 0.797. The highest BCUT2D eigenvalue weighted by Crippen LogP contribution is 2.19. The first-order valence-corrected chi connectivity index (χ1v) is 6.43. The molecule has 0 bridgehead atoms. The molecule has 1 unspecified atom stereocenters. The van der Waals surface area contributed by atoms with Gasteiger partial charge in [-0.25, -0.2) is 4.39 Å². The molecular formula is C16H18FNO2. The van der Waals surface area contributed by atoms with Gasteiger partial charge in [-0.1, -0.05) is 24.3 Å². The van der Waals surface area contributed by atoms with Gasteiger partial charge in [0, 0.05) is 6.54 Å². The zero-order valence-electron chi connectivity index (χ0n) is 11.4. The van der Waals surface area contributed by atoms with Gasteiger partial charge in [-0.15, -0.1) is 0 Å². The maximum atomic E-state index is 12.9. The van der Waals surface area contributed by atoms with Gasteiger partial charge >= 0.3 is 0 Å². The number of nitrogens with two attached hydrogens (primary N) is 1. The zero-order valence-corrected chi connectivity index (χ0v) is 11.4. The number of rotatable bonds is 6. The van der Waals surface area contributed by atoms with Crippen LogP contribution in [0.15, 0.2) is 48.5 Å². The van der Waals surface area contributed by atoms with Gasteiger partial charge in [0.05, 0.1) is 19.8 Å². The summed E-state index contributed by atoms with van der Waals surface area (Å²) in [6, 6.07) is 13.9. The Morgan fingerprint density at radius 1 is 1.05 bits per heavy atom. The highest BCUT2D eigenvalue weighted by atomic mass is 19.1. The molecule has 0 amide bonds. The third kappa shape index (κ3) is 3.79. The van der Waals surface area contributed by atoms with E-state index in [1.807, 2.05) is 24.3 Å². The number of halogens is 1. The van der Waals surface area contributed by atoms with Crippen molar-refractivity contribution in [2.75, 3.05) is 13.7 Å². The fourth-order valence-corrected chi connectivity index (χ4v) is 1.90. The lowest BCUT2D eigenvalue weighted by molar-refractivity contribution is 0.0456. The Balaban J connectivity index is 1.97. The molecule has 4 heteroatoms. The van der Waals surface area contributed by atoms with Crippen LogP contribution in [-0.4, -0.2) is 13.7 Å². The van der Waals surface area contributed by atoms with Crippen LogP contribution >= 0.6 is 0 Å². The molecule has 0 radical (unpaired) electrons. The van der Waals surface area contributed by atoms with Crippen molar-refractivity contribution in [3.63, 3.8) is 0 Å². The molecule has 0 saturated carbocycles. The van der Waals surface area contributed by atoms with Gasteiger partial charge in [0.15, 0.2) is 0 Å². The molecule has 2 aromatic carbocycles. The minimum atomic E-state index is -0.264. The average molecular weight is 275 g/mol. The minimum Gasteiger partial charge on any atom is -0.497 e. The maximum Gasteiger partial charge on any atom is 0.123 e. The Labute approximate surface area is 118 Å². The standard InChI is InChI=1S/C16H18FNO2/c1-19-15-8-2-12(3-9-15)11-20-16(10-18)13-4-6-14(17)7-5-13/h2-9,16H,10-11,18H2,1H3. The number of ether oxygens (including phenoxy) is 2. The van der Waals surface area contributed by atoms with Crippen LogP contribution in [0.3, 0.4) is 0 Å². The first-order valence-electron chi connectivity index (χ1n) is 6.43. The highest BCUT2D eigenvalue weighted by Gasteiger charge is 2.10. The van der Waals surface area contributed by atoms with E-state index in [1.165, 1.54) is 12.1 Å². The Morgan fingerprint density at radius 2 is 1.70 bits per heavy atom. The van der Waals surface area contributed by atoms with Crippen LogP contribution in [-0.2, 0) is 11.3 Å². The van der Waals surface area contributed by atoms with Crippen molar-refractivity contribution in [3.8, 4) is 5.75 Å². The van der Waals surface area contributed by atoms with Crippen LogP contribution in [0.2, 0.25) is 0 Å². The number of methoxy groups -OCH3 is 1. The second-order valence-electron chi connectivity index (χ2n) is 4.43. The van der Waals surface area contributed by atoms with E-state index in [0.717, 1.165) is 16.9 Å². The molecule has 2 aromatic rings. The number of hydrogen-bond acceptors (Lipinski definition) is 3. The van der Waals surface area contributed by atoms with Crippen molar-refractivity contribution in [2.45, 2.75) is 12.7 Å². The average Bonchev–Trinajstić information content (AvgIpc) is 2.50. The lowest BCUT2D eigenvalue weighted by Gasteiger charge is -2.16. The van der Waals surface area contributed by atoms with Gasteiger partial charge < -0.3 is 15.2 Å². The Kier molecular flexibility index (Phi) is 5.09. The van der Waals surface area contributed by atoms with E-state index in [9.17, 15) is 4.39 Å². The largest absolute Gasteiger partial charge is 0.497 e. The highest BCUT2D eigenvalue weighted by molar-refractivity contribution is 5.27. The van der Waals surface area contributed by atoms with Crippen molar-refractivity contribution < 1.29 is 13.9 Å². The van der Waals surface area contributed by atoms with E-state index in [1.54, 1.807) is 19.2 Å². The van der Waals surface area contributed by atoms with Crippen molar-refractivity contribution in [3.05, 3.63) is 65.5 Å². The van der Waals surface area contributed by atoms with Gasteiger partial charge in [-0.3, -0.25) is 0 Å². The van der Waals surface area contributed by atoms with Gasteiger partial charge in [-0.05, 0) is 35.4 Å². The topological polar surface area (TPSA) is 44.5 Å². The van der Waals surface area contributed by atoms with Crippen molar-refractivity contribution in [1.29, 1.82) is 0 Å². The van der Waals surface area contributed by atoms with E-state index in [0.29, 0.717) is 13.2 Å². The SMILES string of the molecule is COc1ccc(COC(CN)c2ccc(F)cc2)cc1. The monoisotopic (exact) mass is 275 g/mol. The summed E-state index contributed by atoms with van der Waals surface area (Å²) in [6.07, 6.45) is -0.238. The predicted molar refractivity (Wildman–Crippen MR) is 76.0 cm³/mol. The second kappa shape index (κ2) is 7.03. The first kappa shape index (κ1) is 14.5. The van der Waals surface area contributed by atoms with Crippen LogP contribution in [0, 0.1) is 5.82 Å². The predicted octanol–water partition coefficient (Wildman–Crippen LogP) is 3.05. The van der Waals surface area contributed by atoms with E-state index in [2.05, 4.69) is 0 Å². The molecular weight excluding hydrogens is 257 g/mol. The lowest BCUT2D eigenvalue weighted by Crippen LogP contribution is -2.15. The molecule has 0 spiro atoms. The normalized spacial score (nSPS) is 12.2. The fraction of sp³-hybridized carbons (Fsp3) is 0.250. The van der Waals surface area contributed by atoms with Crippen LogP contribution < -0.4 is 10.5 Å². The molecule has 106 valence electrons. The van der Waals surface area contributed by atoms with E-state index < -0.39 is 0 Å². The van der Waals surface area contributed by atoms with Crippen LogP contribution in [0.25, 0.3) is 0 Å². The number of hydrogen-bond donors (Lipinski definition) is 1. The molecule has 0 aromatic heterocycles. The van der Waals surface area contributed by atoms with E-state index in [-0.39, 0.29) is 11.9 Å². The molecule has 0 saturated heterocycles. The fourth-order valence-electron chi connectivity index (χ4n) is 1.90. The molecule has 0 fully saturated rings. The summed E-state index contributed by atoms with van der Waals surface area (Å²) in [5, 5.41) is 0. The molecule has 2 rings (SSSR count). The van der Waals surface area contributed by atoms with Gasteiger partial charge in [0.2, 0.25) is 0 Å². The van der Waals surface area contributed by atoms with Crippen LogP contribution in [0.1, 0.15) is 17.2 Å². The molecule has 0 heterocycles. The second-order valence-corrected chi connectivity index (χ2v) is 4.43. The molecule has 2 N–H and O–H groups in total. The minimum absolute atomic E-state index is 0.238. The third-order valence-electron chi connectivity index (χ3n) is 3.07. The smallest absolute Gasteiger partial charge is 0.123 e. The zero-order chi connectivity index (χ0) is 14.4. The summed E-state index contributed by atoms with van der Waals surface area (Å²) in [5.41, 5.74) is 7.62. The lowest BCUT2D eigenvalue weighted by atomic mass is 10.1. The van der Waals surface area contributed by atoms with Gasteiger partial charge in [0.25, 0.3) is 0 Å². The number of benzene rings is 2. The maximum absolute atomic E-state index is 12.9. The Hall–Kier alpha value is -1.91. The molecule has 3 nitrogen and oxygen atoms in total. The summed E-state index contributed by atoms with van der Waals surface area (Å²) in [4.78, 5) is 0. The Morgan fingerprint density at radius 3 is 2.25 bits per heavy atom. The van der Waals surface area contributed by atoms with Gasteiger partial charge in [0.1, 0.15) is 11.6 Å². The Bertz CT molecular complexity index is 525. The van der Waals surface area contributed by atoms with Crippen molar-refractivity contribution in [2.24, 2.45) is 5.73 Å². The third-order valence-corrected chi connectivity index (χ3v) is 3.07. The summed E-state index contributed by atoms with van der Waals surface area (Å²) >= 11 is 0. The quantitative estimate of drug-likeness (QED) is 0.881. The molecule has 1 atom stereocenters. The summed E-state index contributed by atoms with van der Waals surface area (Å²) in [7, 11) is 1.63. The molecule has 20 heavy (non-hydrogen) atoms. The van der Waals surface area contributed by atoms with E-state index >= 15 is 0 Å². The molecule has 0 aliphatic heterocycles. The van der Waals surface area contributed by atoms with Crippen molar-refractivity contribution >= 4 is 0 Å². The van der Waals surface area contributed by atoms with Crippen LogP contribution in [0.4, 0.5) is 4.39 Å². The first-order chi connectivity index (χ1) is 9.72. The van der Waals surface area contributed by atoms with Crippen molar-refractivity contribution in [1.82, 2.24) is 0 Å².